The first-order chi connectivity index (χ1) is 8.97. The number of benzene rings is 2. The Morgan fingerprint density at radius 2 is 2.00 bits per heavy atom. The minimum absolute atomic E-state index is 0.143. The van der Waals surface area contributed by atoms with Crippen molar-refractivity contribution in [3.05, 3.63) is 60.6 Å². The molecule has 2 aromatic rings. The van der Waals surface area contributed by atoms with Crippen molar-refractivity contribution in [3.8, 4) is 0 Å². The van der Waals surface area contributed by atoms with Gasteiger partial charge in [-0.2, -0.15) is 0 Å². The maximum atomic E-state index is 12.2. The van der Waals surface area contributed by atoms with Gasteiger partial charge in [0.25, 0.3) is 5.91 Å². The summed E-state index contributed by atoms with van der Waals surface area (Å²) in [6.45, 7) is 1.88. The Balaban J connectivity index is 2.25. The largest absolute Gasteiger partial charge is 0.321 e. The lowest BCUT2D eigenvalue weighted by atomic mass is 10.1. The van der Waals surface area contributed by atoms with E-state index in [0.29, 0.717) is 10.6 Å². The van der Waals surface area contributed by atoms with Gasteiger partial charge in [0.05, 0.1) is 5.69 Å². The van der Waals surface area contributed by atoms with Crippen LogP contribution in [0.4, 0.5) is 5.69 Å². The molecule has 0 saturated heterocycles. The van der Waals surface area contributed by atoms with Crippen molar-refractivity contribution in [1.82, 2.24) is 0 Å². The molecule has 0 spiro atoms. The van der Waals surface area contributed by atoms with Gasteiger partial charge < -0.3 is 5.32 Å². The van der Waals surface area contributed by atoms with Crippen LogP contribution < -0.4 is 5.32 Å². The van der Waals surface area contributed by atoms with E-state index in [9.17, 15) is 4.79 Å². The van der Waals surface area contributed by atoms with Crippen molar-refractivity contribution in [2.24, 2.45) is 0 Å². The van der Waals surface area contributed by atoms with E-state index in [4.69, 9.17) is 11.6 Å². The Morgan fingerprint density at radius 1 is 1.26 bits per heavy atom. The minimum atomic E-state index is -0.143. The predicted molar refractivity (Wildman–Crippen MR) is 91.0 cm³/mol. The Kier molecular flexibility index (Phi) is 4.86. The van der Waals surface area contributed by atoms with Crippen LogP contribution in [0.5, 0.6) is 0 Å². The van der Waals surface area contributed by atoms with Gasteiger partial charge in [-0.15, -0.1) is 0 Å². The number of carbonyl (C=O) groups excluding carboxylic acids is 1. The molecule has 1 N–H and O–H groups in total. The first-order valence-electron chi connectivity index (χ1n) is 5.50. The molecule has 0 fully saturated rings. The summed E-state index contributed by atoms with van der Waals surface area (Å²) in [6.07, 6.45) is 0. The molecule has 0 aromatic heterocycles. The lowest BCUT2D eigenvalue weighted by Gasteiger charge is -2.09. The summed E-state index contributed by atoms with van der Waals surface area (Å²) in [5.74, 6) is -0.143. The molecule has 98 valence electrons. The molecule has 0 atom stereocenters. The van der Waals surface area contributed by atoms with Crippen molar-refractivity contribution in [3.63, 3.8) is 0 Å². The Morgan fingerprint density at radius 3 is 2.68 bits per heavy atom. The zero-order valence-electron chi connectivity index (χ0n) is 10.0. The van der Waals surface area contributed by atoms with Gasteiger partial charge in [0.1, 0.15) is 0 Å². The van der Waals surface area contributed by atoms with Crippen LogP contribution in [0.3, 0.4) is 0 Å². The molecule has 0 unspecified atom stereocenters. The zero-order valence-corrected chi connectivity index (χ0v) is 14.5. The molecule has 5 heteroatoms. The van der Waals surface area contributed by atoms with E-state index >= 15 is 0 Å². The lowest BCUT2D eigenvalue weighted by Crippen LogP contribution is -2.13. The second-order valence-electron chi connectivity index (χ2n) is 4.04. The summed E-state index contributed by atoms with van der Waals surface area (Å²) in [5, 5.41) is 3.56. The van der Waals surface area contributed by atoms with Crippen LogP contribution in [0.1, 0.15) is 15.9 Å². The Hall–Kier alpha value is -0.590. The fourth-order valence-corrected chi connectivity index (χ4v) is 2.52. The van der Waals surface area contributed by atoms with Crippen LogP contribution >= 0.6 is 50.1 Å². The molecular formula is C14H10BrClINO. The molecule has 0 heterocycles. The van der Waals surface area contributed by atoms with Crippen molar-refractivity contribution in [1.29, 1.82) is 0 Å². The number of hydrogen-bond donors (Lipinski definition) is 1. The molecule has 2 aromatic carbocycles. The number of aryl methyl sites for hydroxylation is 1. The van der Waals surface area contributed by atoms with E-state index in [2.05, 4.69) is 43.8 Å². The second-order valence-corrected chi connectivity index (χ2v) is 6.53. The number of nitrogens with one attached hydrogen (secondary N) is 1. The second kappa shape index (κ2) is 6.24. The van der Waals surface area contributed by atoms with Gasteiger partial charge in [0.2, 0.25) is 0 Å². The number of rotatable bonds is 2. The quantitative estimate of drug-likeness (QED) is 0.621. The fraction of sp³-hybridized carbons (Fsp3) is 0.0714. The van der Waals surface area contributed by atoms with Crippen LogP contribution in [0.15, 0.2) is 40.9 Å². The van der Waals surface area contributed by atoms with E-state index < -0.39 is 0 Å². The first-order valence-corrected chi connectivity index (χ1v) is 7.75. The summed E-state index contributed by atoms with van der Waals surface area (Å²) in [6, 6.07) is 11.0. The molecule has 0 bridgehead atoms. The Labute approximate surface area is 138 Å². The third-order valence-electron chi connectivity index (χ3n) is 2.60. The van der Waals surface area contributed by atoms with Crippen LogP contribution in [0, 0.1) is 10.5 Å². The van der Waals surface area contributed by atoms with Gasteiger partial charge in [-0.3, -0.25) is 4.79 Å². The summed E-state index contributed by atoms with van der Waals surface area (Å²) in [5.41, 5.74) is 2.27. The molecule has 2 nitrogen and oxygen atoms in total. The molecule has 0 aliphatic rings. The van der Waals surface area contributed by atoms with E-state index in [-0.39, 0.29) is 5.91 Å². The number of hydrogen-bond acceptors (Lipinski definition) is 1. The average Bonchev–Trinajstić information content (AvgIpc) is 2.37. The van der Waals surface area contributed by atoms with Crippen LogP contribution in [0.25, 0.3) is 0 Å². The summed E-state index contributed by atoms with van der Waals surface area (Å²) >= 11 is 11.5. The third kappa shape index (κ3) is 3.70. The highest BCUT2D eigenvalue weighted by Gasteiger charge is 2.09. The van der Waals surface area contributed by atoms with Gasteiger partial charge in [0, 0.05) is 18.6 Å². The minimum Gasteiger partial charge on any atom is -0.321 e. The monoisotopic (exact) mass is 449 g/mol. The third-order valence-corrected chi connectivity index (χ3v) is 4.45. The fourth-order valence-electron chi connectivity index (χ4n) is 1.57. The molecule has 0 aliphatic heterocycles. The summed E-state index contributed by atoms with van der Waals surface area (Å²) in [4.78, 5) is 12.2. The van der Waals surface area contributed by atoms with Crippen molar-refractivity contribution >= 4 is 61.7 Å². The number of halogens is 3. The van der Waals surface area contributed by atoms with Gasteiger partial charge in [-0.05, 0) is 71.5 Å². The molecule has 19 heavy (non-hydrogen) atoms. The normalized spacial score (nSPS) is 10.3. The Bertz CT molecular complexity index is 645. The van der Waals surface area contributed by atoms with E-state index in [1.807, 2.05) is 25.1 Å². The topological polar surface area (TPSA) is 29.1 Å². The van der Waals surface area contributed by atoms with Gasteiger partial charge in [-0.25, -0.2) is 0 Å². The summed E-state index contributed by atoms with van der Waals surface area (Å²) < 4.78 is 1.91. The lowest BCUT2D eigenvalue weighted by molar-refractivity contribution is 0.102. The summed E-state index contributed by atoms with van der Waals surface area (Å²) in [7, 11) is 0. The van der Waals surface area contributed by atoms with Crippen LogP contribution in [0.2, 0.25) is 5.02 Å². The highest BCUT2D eigenvalue weighted by atomic mass is 127. The van der Waals surface area contributed by atoms with Gasteiger partial charge >= 0.3 is 0 Å². The van der Waals surface area contributed by atoms with E-state index in [1.165, 1.54) is 0 Å². The zero-order chi connectivity index (χ0) is 14.0. The van der Waals surface area contributed by atoms with Crippen LogP contribution in [-0.2, 0) is 0 Å². The van der Waals surface area contributed by atoms with Crippen molar-refractivity contribution in [2.45, 2.75) is 6.92 Å². The number of carbonyl (C=O) groups is 1. The number of anilines is 1. The molecular weight excluding hydrogens is 440 g/mol. The SMILES string of the molecule is Cc1cc(C(=O)Nc2cc(Br)ccc2I)ccc1Cl. The molecule has 0 radical (unpaired) electrons. The molecule has 2 rings (SSSR count). The molecule has 0 saturated carbocycles. The maximum absolute atomic E-state index is 12.2. The number of amides is 1. The van der Waals surface area contributed by atoms with Crippen molar-refractivity contribution < 1.29 is 4.79 Å². The highest BCUT2D eigenvalue weighted by molar-refractivity contribution is 14.1. The van der Waals surface area contributed by atoms with Crippen molar-refractivity contribution in [2.75, 3.05) is 5.32 Å². The molecule has 1 amide bonds. The molecule has 0 aliphatic carbocycles. The predicted octanol–water partition coefficient (Wildman–Crippen LogP) is 5.27. The van der Waals surface area contributed by atoms with Crippen LogP contribution in [-0.4, -0.2) is 5.91 Å². The van der Waals surface area contributed by atoms with Gasteiger partial charge in [-0.1, -0.05) is 27.5 Å². The van der Waals surface area contributed by atoms with E-state index in [1.54, 1.807) is 18.2 Å². The first kappa shape index (κ1) is 14.8. The smallest absolute Gasteiger partial charge is 0.255 e. The van der Waals surface area contributed by atoms with E-state index in [0.717, 1.165) is 19.3 Å². The highest BCUT2D eigenvalue weighted by Crippen LogP contribution is 2.24. The van der Waals surface area contributed by atoms with Gasteiger partial charge in [0.15, 0.2) is 0 Å². The average molecular weight is 451 g/mol. The maximum Gasteiger partial charge on any atom is 0.255 e. The standard InChI is InChI=1S/C14H10BrClINO/c1-8-6-9(2-4-11(8)16)14(19)18-13-7-10(15)3-5-12(13)17/h2-7H,1H3,(H,18,19).